The summed E-state index contributed by atoms with van der Waals surface area (Å²) in [5, 5.41) is 0. The largest absolute Gasteiger partial charge is 0.493 e. The number of esters is 3. The van der Waals surface area contributed by atoms with Gasteiger partial charge in [0.15, 0.2) is 0 Å². The minimum absolute atomic E-state index is 0.142. The van der Waals surface area contributed by atoms with Crippen molar-refractivity contribution < 1.29 is 37.7 Å². The molecule has 0 radical (unpaired) electrons. The van der Waals surface area contributed by atoms with Crippen LogP contribution in [0.5, 0.6) is 17.2 Å². The third-order valence-electron chi connectivity index (χ3n) is 7.80. The summed E-state index contributed by atoms with van der Waals surface area (Å²) in [4.78, 5) is 37.7. The van der Waals surface area contributed by atoms with Crippen LogP contribution in [-0.2, 0) is 4.74 Å². The van der Waals surface area contributed by atoms with Gasteiger partial charge in [-0.05, 0) is 86.8 Å². The minimum atomic E-state index is -0.864. The standard InChI is InChI=1S/C39H49FO7/c1-4-6-8-10-11-12-13-15-27-44-34-25-26-35(36(40)28-34)39(43)47-33-23-19-31(20-24-33)38(42)46-32-21-17-30(18-22-32)37(41)45-29(3)16-14-9-7-5-2/h17-26,28-29H,4-16,27H2,1-3H3. The van der Waals surface area contributed by atoms with Gasteiger partial charge in [0.25, 0.3) is 0 Å². The first kappa shape index (κ1) is 37.3. The Kier molecular flexibility index (Phi) is 16.5. The summed E-state index contributed by atoms with van der Waals surface area (Å²) in [5.74, 6) is -1.89. The number of rotatable bonds is 21. The third-order valence-corrected chi connectivity index (χ3v) is 7.80. The van der Waals surface area contributed by atoms with Crippen LogP contribution in [0.4, 0.5) is 4.39 Å². The second kappa shape index (κ2) is 20.8. The fraction of sp³-hybridized carbons (Fsp3) is 0.462. The Balaban J connectivity index is 1.42. The van der Waals surface area contributed by atoms with Gasteiger partial charge in [-0.25, -0.2) is 18.8 Å². The molecule has 0 amide bonds. The van der Waals surface area contributed by atoms with Crippen LogP contribution in [0.1, 0.15) is 135 Å². The number of carbonyl (C=O) groups is 3. The highest BCUT2D eigenvalue weighted by Gasteiger charge is 2.17. The molecule has 3 aromatic carbocycles. The van der Waals surface area contributed by atoms with Crippen molar-refractivity contribution in [1.29, 1.82) is 0 Å². The molecule has 8 heteroatoms. The van der Waals surface area contributed by atoms with Crippen LogP contribution < -0.4 is 14.2 Å². The molecule has 3 rings (SSSR count). The van der Waals surface area contributed by atoms with Crippen molar-refractivity contribution in [1.82, 2.24) is 0 Å². The second-order valence-corrected chi connectivity index (χ2v) is 11.9. The maximum absolute atomic E-state index is 14.7. The van der Waals surface area contributed by atoms with E-state index in [0.29, 0.717) is 17.9 Å². The van der Waals surface area contributed by atoms with Crippen LogP contribution in [0.2, 0.25) is 0 Å². The van der Waals surface area contributed by atoms with E-state index in [1.54, 1.807) is 18.2 Å². The lowest BCUT2D eigenvalue weighted by atomic mass is 10.1. The zero-order valence-electron chi connectivity index (χ0n) is 28.1. The normalized spacial score (nSPS) is 11.5. The summed E-state index contributed by atoms with van der Waals surface area (Å²) in [6.45, 7) is 6.74. The Morgan fingerprint density at radius 3 is 1.66 bits per heavy atom. The monoisotopic (exact) mass is 648 g/mol. The summed E-state index contributed by atoms with van der Waals surface area (Å²) in [6, 6.07) is 16.0. The number of unbranched alkanes of at least 4 members (excludes halogenated alkanes) is 10. The molecule has 3 aromatic rings. The van der Waals surface area contributed by atoms with Crippen LogP contribution in [0, 0.1) is 5.82 Å². The van der Waals surface area contributed by atoms with Crippen molar-refractivity contribution in [3.8, 4) is 17.2 Å². The number of halogens is 1. The molecule has 1 unspecified atom stereocenters. The summed E-state index contributed by atoms with van der Waals surface area (Å²) in [7, 11) is 0. The van der Waals surface area contributed by atoms with Crippen LogP contribution in [0.3, 0.4) is 0 Å². The van der Waals surface area contributed by atoms with Crippen molar-refractivity contribution in [2.75, 3.05) is 6.61 Å². The Labute approximate surface area is 278 Å². The molecule has 0 fully saturated rings. The number of hydrogen-bond acceptors (Lipinski definition) is 7. The molecule has 7 nitrogen and oxygen atoms in total. The highest BCUT2D eigenvalue weighted by atomic mass is 19.1. The zero-order valence-corrected chi connectivity index (χ0v) is 28.1. The molecule has 0 saturated heterocycles. The molecule has 0 bridgehead atoms. The van der Waals surface area contributed by atoms with E-state index in [0.717, 1.165) is 38.5 Å². The van der Waals surface area contributed by atoms with Gasteiger partial charge in [0, 0.05) is 6.07 Å². The average Bonchev–Trinajstić information content (AvgIpc) is 3.06. The average molecular weight is 649 g/mol. The molecular weight excluding hydrogens is 599 g/mol. The Morgan fingerprint density at radius 2 is 1.09 bits per heavy atom. The first-order chi connectivity index (χ1) is 22.8. The summed E-state index contributed by atoms with van der Waals surface area (Å²) in [6.07, 6.45) is 14.6. The summed E-state index contributed by atoms with van der Waals surface area (Å²) < 4.78 is 36.6. The van der Waals surface area contributed by atoms with Gasteiger partial charge in [-0.1, -0.05) is 78.1 Å². The Morgan fingerprint density at radius 1 is 0.596 bits per heavy atom. The number of benzene rings is 3. The number of hydrogen-bond donors (Lipinski definition) is 0. The molecule has 254 valence electrons. The molecule has 0 heterocycles. The molecule has 0 saturated carbocycles. The van der Waals surface area contributed by atoms with Gasteiger partial charge in [0.05, 0.1) is 29.4 Å². The lowest BCUT2D eigenvalue weighted by Gasteiger charge is -2.13. The molecule has 0 aliphatic rings. The van der Waals surface area contributed by atoms with E-state index < -0.39 is 23.7 Å². The van der Waals surface area contributed by atoms with Crippen molar-refractivity contribution >= 4 is 17.9 Å². The van der Waals surface area contributed by atoms with E-state index in [4.69, 9.17) is 18.9 Å². The third kappa shape index (κ3) is 13.6. The lowest BCUT2D eigenvalue weighted by Crippen LogP contribution is -2.15. The van der Waals surface area contributed by atoms with Crippen LogP contribution in [-0.4, -0.2) is 30.6 Å². The minimum Gasteiger partial charge on any atom is -0.493 e. The van der Waals surface area contributed by atoms with Crippen LogP contribution in [0.25, 0.3) is 0 Å². The van der Waals surface area contributed by atoms with E-state index in [2.05, 4.69) is 13.8 Å². The zero-order chi connectivity index (χ0) is 33.9. The van der Waals surface area contributed by atoms with Gasteiger partial charge < -0.3 is 18.9 Å². The smallest absolute Gasteiger partial charge is 0.346 e. The van der Waals surface area contributed by atoms with Gasteiger partial charge in [-0.15, -0.1) is 0 Å². The van der Waals surface area contributed by atoms with Gasteiger partial charge in [-0.3, -0.25) is 0 Å². The molecule has 0 N–H and O–H groups in total. The fourth-order valence-corrected chi connectivity index (χ4v) is 4.99. The highest BCUT2D eigenvalue weighted by Crippen LogP contribution is 2.22. The van der Waals surface area contributed by atoms with E-state index in [1.807, 2.05) is 6.92 Å². The van der Waals surface area contributed by atoms with Gasteiger partial charge in [0.1, 0.15) is 23.1 Å². The summed E-state index contributed by atoms with van der Waals surface area (Å²) >= 11 is 0. The predicted molar refractivity (Wildman–Crippen MR) is 181 cm³/mol. The topological polar surface area (TPSA) is 88.1 Å². The highest BCUT2D eigenvalue weighted by molar-refractivity contribution is 5.93. The number of ether oxygens (including phenoxy) is 4. The molecular formula is C39H49FO7. The molecule has 0 aliphatic carbocycles. The Hall–Kier alpha value is -4.20. The van der Waals surface area contributed by atoms with Gasteiger partial charge in [-0.2, -0.15) is 0 Å². The molecule has 0 aliphatic heterocycles. The Bertz CT molecular complexity index is 1390. The van der Waals surface area contributed by atoms with Crippen molar-refractivity contribution in [3.05, 3.63) is 89.2 Å². The quantitative estimate of drug-likeness (QED) is 0.0645. The van der Waals surface area contributed by atoms with Crippen molar-refractivity contribution in [2.24, 2.45) is 0 Å². The van der Waals surface area contributed by atoms with Gasteiger partial charge >= 0.3 is 17.9 Å². The van der Waals surface area contributed by atoms with Gasteiger partial charge in [0.2, 0.25) is 0 Å². The van der Waals surface area contributed by atoms with Crippen LogP contribution in [0.15, 0.2) is 66.7 Å². The first-order valence-electron chi connectivity index (χ1n) is 17.1. The predicted octanol–water partition coefficient (Wildman–Crippen LogP) is 10.3. The lowest BCUT2D eigenvalue weighted by molar-refractivity contribution is 0.0319. The fourth-order valence-electron chi connectivity index (χ4n) is 4.99. The SMILES string of the molecule is CCCCCCCCCCOc1ccc(C(=O)Oc2ccc(C(=O)Oc3ccc(C(=O)OC(C)CCCCCC)cc3)cc2)c(F)c1. The summed E-state index contributed by atoms with van der Waals surface area (Å²) in [5.41, 5.74) is 0.366. The van der Waals surface area contributed by atoms with E-state index in [-0.39, 0.29) is 28.7 Å². The molecule has 0 aromatic heterocycles. The van der Waals surface area contributed by atoms with E-state index in [1.165, 1.54) is 93.5 Å². The molecule has 1 atom stereocenters. The maximum Gasteiger partial charge on any atom is 0.346 e. The number of carbonyl (C=O) groups excluding carboxylic acids is 3. The van der Waals surface area contributed by atoms with Crippen molar-refractivity contribution in [2.45, 2.75) is 110 Å². The van der Waals surface area contributed by atoms with Crippen molar-refractivity contribution in [3.63, 3.8) is 0 Å². The molecule has 0 spiro atoms. The van der Waals surface area contributed by atoms with Crippen LogP contribution >= 0.6 is 0 Å². The second-order valence-electron chi connectivity index (χ2n) is 11.9. The van der Waals surface area contributed by atoms with E-state index >= 15 is 0 Å². The maximum atomic E-state index is 14.7. The molecule has 47 heavy (non-hydrogen) atoms. The van der Waals surface area contributed by atoms with E-state index in [9.17, 15) is 18.8 Å². The first-order valence-corrected chi connectivity index (χ1v) is 17.1.